The molecule has 8 heteroatoms. The van der Waals surface area contributed by atoms with Crippen LogP contribution in [0.3, 0.4) is 0 Å². The number of hydrogen-bond donors (Lipinski definition) is 2. The molecule has 0 aliphatic rings. The zero-order chi connectivity index (χ0) is 13.1. The van der Waals surface area contributed by atoms with Crippen molar-refractivity contribution in [3.63, 3.8) is 0 Å². The predicted molar refractivity (Wildman–Crippen MR) is 57.2 cm³/mol. The number of alkyl halides is 3. The second-order valence-electron chi connectivity index (χ2n) is 3.58. The van der Waals surface area contributed by atoms with E-state index in [9.17, 15) is 18.0 Å². The first-order chi connectivity index (χ1) is 7.76. The molecule has 2 N–H and O–H groups in total. The van der Waals surface area contributed by atoms with Gasteiger partial charge in [0.1, 0.15) is 0 Å². The molecule has 0 bridgehead atoms. The van der Waals surface area contributed by atoms with Crippen molar-refractivity contribution < 1.29 is 23.1 Å². The molecule has 0 aromatic carbocycles. The minimum absolute atomic E-state index is 0.230. The van der Waals surface area contributed by atoms with Gasteiger partial charge in [-0.25, -0.2) is 4.98 Å². The Labute approximate surface area is 99.5 Å². The molecule has 1 rings (SSSR count). The smallest absolute Gasteiger partial charge is 0.391 e. The van der Waals surface area contributed by atoms with Crippen LogP contribution in [0.25, 0.3) is 0 Å². The molecule has 17 heavy (non-hydrogen) atoms. The van der Waals surface area contributed by atoms with Gasteiger partial charge in [-0.1, -0.05) is 0 Å². The number of thiazole rings is 1. The highest BCUT2D eigenvalue weighted by atomic mass is 32.1. The molecular weight excluding hydrogens is 257 g/mol. The molecule has 0 spiro atoms. The minimum Gasteiger partial charge on any atom is -0.481 e. The number of halogens is 3. The van der Waals surface area contributed by atoms with Gasteiger partial charge in [-0.15, -0.1) is 11.3 Å². The van der Waals surface area contributed by atoms with Gasteiger partial charge in [0, 0.05) is 11.4 Å². The Morgan fingerprint density at radius 3 is 2.82 bits per heavy atom. The average Bonchev–Trinajstić information content (AvgIpc) is 2.46. The molecule has 0 aliphatic carbocycles. The van der Waals surface area contributed by atoms with Crippen LogP contribution in [0.15, 0.2) is 5.38 Å². The maximum atomic E-state index is 12.1. The van der Waals surface area contributed by atoms with E-state index in [4.69, 9.17) is 5.11 Å². The van der Waals surface area contributed by atoms with Gasteiger partial charge in [0.05, 0.1) is 18.5 Å². The van der Waals surface area contributed by atoms with E-state index in [2.05, 4.69) is 10.3 Å². The van der Waals surface area contributed by atoms with Gasteiger partial charge < -0.3 is 10.4 Å². The van der Waals surface area contributed by atoms with Gasteiger partial charge in [-0.05, 0) is 6.92 Å². The molecule has 1 aromatic rings. The molecule has 0 aliphatic heterocycles. The van der Waals surface area contributed by atoms with Crippen LogP contribution < -0.4 is 5.32 Å². The highest BCUT2D eigenvalue weighted by molar-refractivity contribution is 7.13. The van der Waals surface area contributed by atoms with Gasteiger partial charge in [0.15, 0.2) is 5.13 Å². The first-order valence-corrected chi connectivity index (χ1v) is 5.63. The summed E-state index contributed by atoms with van der Waals surface area (Å²) >= 11 is 1.09. The SMILES string of the molecule is CC(CC(F)(F)F)Nc1nc(CC(=O)O)cs1. The number of carbonyl (C=O) groups is 1. The summed E-state index contributed by atoms with van der Waals surface area (Å²) in [5, 5.41) is 12.9. The number of carboxylic acids is 1. The minimum atomic E-state index is -4.23. The Morgan fingerprint density at radius 1 is 1.65 bits per heavy atom. The normalized spacial score (nSPS) is 13.4. The fourth-order valence-electron chi connectivity index (χ4n) is 1.22. The van der Waals surface area contributed by atoms with Crippen molar-refractivity contribution in [2.75, 3.05) is 5.32 Å². The summed E-state index contributed by atoms with van der Waals surface area (Å²) in [5.41, 5.74) is 0.337. The van der Waals surface area contributed by atoms with E-state index in [0.717, 1.165) is 11.3 Å². The third-order valence-electron chi connectivity index (χ3n) is 1.79. The topological polar surface area (TPSA) is 62.2 Å². The maximum absolute atomic E-state index is 12.1. The largest absolute Gasteiger partial charge is 0.481 e. The number of carboxylic acid groups (broad SMARTS) is 1. The summed E-state index contributed by atoms with van der Waals surface area (Å²) in [5.74, 6) is -1.02. The van der Waals surface area contributed by atoms with Crippen LogP contribution in [-0.2, 0) is 11.2 Å². The van der Waals surface area contributed by atoms with Crippen molar-refractivity contribution in [3.8, 4) is 0 Å². The Kier molecular flexibility index (Phi) is 4.33. The van der Waals surface area contributed by atoms with Crippen LogP contribution >= 0.6 is 11.3 Å². The molecule has 0 saturated heterocycles. The summed E-state index contributed by atoms with van der Waals surface area (Å²) in [6, 6.07) is -0.793. The summed E-state index contributed by atoms with van der Waals surface area (Å²) in [6.45, 7) is 1.39. The molecule has 0 fully saturated rings. The summed E-state index contributed by atoms with van der Waals surface area (Å²) in [4.78, 5) is 14.3. The van der Waals surface area contributed by atoms with Crippen LogP contribution in [0.5, 0.6) is 0 Å². The van der Waals surface area contributed by atoms with Crippen LogP contribution in [0.4, 0.5) is 18.3 Å². The number of hydrogen-bond acceptors (Lipinski definition) is 4. The average molecular weight is 268 g/mol. The quantitative estimate of drug-likeness (QED) is 0.861. The van der Waals surface area contributed by atoms with Crippen molar-refractivity contribution in [1.82, 2.24) is 4.98 Å². The van der Waals surface area contributed by atoms with Crippen LogP contribution in [-0.4, -0.2) is 28.3 Å². The van der Waals surface area contributed by atoms with E-state index in [-0.39, 0.29) is 6.42 Å². The summed E-state index contributed by atoms with van der Waals surface area (Å²) in [7, 11) is 0. The lowest BCUT2D eigenvalue weighted by Gasteiger charge is -2.14. The van der Waals surface area contributed by atoms with Gasteiger partial charge in [0.25, 0.3) is 0 Å². The van der Waals surface area contributed by atoms with E-state index in [1.165, 1.54) is 12.3 Å². The van der Waals surface area contributed by atoms with E-state index in [1.807, 2.05) is 0 Å². The highest BCUT2D eigenvalue weighted by Crippen LogP contribution is 2.24. The van der Waals surface area contributed by atoms with Crippen LogP contribution in [0.2, 0.25) is 0 Å². The van der Waals surface area contributed by atoms with E-state index < -0.39 is 24.6 Å². The first-order valence-electron chi connectivity index (χ1n) is 4.76. The van der Waals surface area contributed by atoms with Crippen molar-refractivity contribution >= 4 is 22.4 Å². The number of rotatable bonds is 5. The second kappa shape index (κ2) is 5.35. The number of anilines is 1. The fraction of sp³-hybridized carbons (Fsp3) is 0.556. The first kappa shape index (κ1) is 13.8. The van der Waals surface area contributed by atoms with Crippen molar-refractivity contribution in [2.45, 2.75) is 32.0 Å². The molecule has 1 aromatic heterocycles. The molecule has 1 atom stereocenters. The fourth-order valence-corrected chi connectivity index (χ4v) is 2.04. The van der Waals surface area contributed by atoms with Gasteiger partial charge in [0.2, 0.25) is 0 Å². The monoisotopic (exact) mass is 268 g/mol. The second-order valence-corrected chi connectivity index (χ2v) is 4.44. The maximum Gasteiger partial charge on any atom is 0.391 e. The Morgan fingerprint density at radius 2 is 2.29 bits per heavy atom. The molecular formula is C9H11F3N2O2S. The lowest BCUT2D eigenvalue weighted by atomic mass is 10.2. The van der Waals surface area contributed by atoms with Crippen molar-refractivity contribution in [1.29, 1.82) is 0 Å². The van der Waals surface area contributed by atoms with E-state index in [1.54, 1.807) is 0 Å². The zero-order valence-corrected chi connectivity index (χ0v) is 9.73. The molecule has 96 valence electrons. The molecule has 0 amide bonds. The Hall–Kier alpha value is -1.31. The zero-order valence-electron chi connectivity index (χ0n) is 8.91. The molecule has 0 radical (unpaired) electrons. The lowest BCUT2D eigenvalue weighted by Crippen LogP contribution is -2.23. The van der Waals surface area contributed by atoms with Crippen molar-refractivity contribution in [3.05, 3.63) is 11.1 Å². The number of aromatic nitrogens is 1. The Balaban J connectivity index is 2.51. The third kappa shape index (κ3) is 5.53. The standard InChI is InChI=1S/C9H11F3N2O2S/c1-5(3-9(10,11)12)13-8-14-6(4-17-8)2-7(15)16/h4-5H,2-3H2,1H3,(H,13,14)(H,15,16). The van der Waals surface area contributed by atoms with Gasteiger partial charge >= 0.3 is 12.1 Å². The molecule has 4 nitrogen and oxygen atoms in total. The highest BCUT2D eigenvalue weighted by Gasteiger charge is 2.30. The number of nitrogens with zero attached hydrogens (tertiary/aromatic N) is 1. The number of nitrogens with one attached hydrogen (secondary N) is 1. The Bertz CT molecular complexity index is 392. The van der Waals surface area contributed by atoms with Crippen LogP contribution in [0.1, 0.15) is 19.0 Å². The van der Waals surface area contributed by atoms with Crippen LogP contribution in [0, 0.1) is 0 Å². The van der Waals surface area contributed by atoms with Crippen molar-refractivity contribution in [2.24, 2.45) is 0 Å². The number of aliphatic carboxylic acids is 1. The summed E-state index contributed by atoms with van der Waals surface area (Å²) < 4.78 is 36.2. The summed E-state index contributed by atoms with van der Waals surface area (Å²) in [6.07, 6.45) is -5.42. The van der Waals surface area contributed by atoms with Gasteiger partial charge in [-0.3, -0.25) is 4.79 Å². The molecule has 1 unspecified atom stereocenters. The lowest BCUT2D eigenvalue weighted by molar-refractivity contribution is -0.137. The van der Waals surface area contributed by atoms with Gasteiger partial charge in [-0.2, -0.15) is 13.2 Å². The third-order valence-corrected chi connectivity index (χ3v) is 2.61. The van der Waals surface area contributed by atoms with E-state index >= 15 is 0 Å². The van der Waals surface area contributed by atoms with E-state index in [0.29, 0.717) is 10.8 Å². The molecule has 0 saturated carbocycles. The predicted octanol–water partition coefficient (Wildman–Crippen LogP) is 2.52. The molecule has 1 heterocycles.